The van der Waals surface area contributed by atoms with Crippen LogP contribution in [-0.4, -0.2) is 10.1 Å². The molecule has 1 heterocycles. The van der Waals surface area contributed by atoms with Crippen molar-refractivity contribution in [3.8, 4) is 11.4 Å². The highest BCUT2D eigenvalue weighted by atomic mass is 32.1. The quantitative estimate of drug-likeness (QED) is 0.735. The maximum absolute atomic E-state index is 12.9. The summed E-state index contributed by atoms with van der Waals surface area (Å²) in [5, 5.41) is 3.71. The van der Waals surface area contributed by atoms with Gasteiger partial charge in [0.2, 0.25) is 11.7 Å². The lowest BCUT2D eigenvalue weighted by molar-refractivity contribution is 0.394. The van der Waals surface area contributed by atoms with E-state index in [0.717, 1.165) is 0 Å². The smallest absolute Gasteiger partial charge is 0.223 e. The molecule has 0 unspecified atom stereocenters. The third-order valence-electron chi connectivity index (χ3n) is 1.73. The molecule has 0 aliphatic heterocycles. The van der Waals surface area contributed by atoms with Crippen molar-refractivity contribution in [1.82, 2.24) is 10.1 Å². The summed E-state index contributed by atoms with van der Waals surface area (Å²) in [4.78, 5) is 4.29. The van der Waals surface area contributed by atoms with Gasteiger partial charge in [0, 0.05) is 17.4 Å². The predicted octanol–water partition coefficient (Wildman–Crippen LogP) is 2.47. The number of aromatic nitrogens is 2. The molecule has 0 fully saturated rings. The van der Waals surface area contributed by atoms with Crippen LogP contribution in [0.15, 0.2) is 27.6 Å². The van der Waals surface area contributed by atoms with E-state index in [0.29, 0.717) is 17.3 Å². The Kier molecular flexibility index (Phi) is 2.25. The van der Waals surface area contributed by atoms with Crippen molar-refractivity contribution in [2.24, 2.45) is 0 Å². The standard InChI is InChI=1S/C9H7FN2OS/c1-5-11-9(12-13-5)6-2-3-7(10)8(14)4-6/h2-4,14H,1H3. The van der Waals surface area contributed by atoms with Crippen molar-refractivity contribution in [2.75, 3.05) is 0 Å². The van der Waals surface area contributed by atoms with Gasteiger partial charge in [-0.25, -0.2) is 4.39 Å². The molecule has 5 heteroatoms. The molecular formula is C9H7FN2OS. The second-order valence-electron chi connectivity index (χ2n) is 2.80. The number of rotatable bonds is 1. The van der Waals surface area contributed by atoms with Crippen LogP contribution in [-0.2, 0) is 0 Å². The highest BCUT2D eigenvalue weighted by Gasteiger charge is 2.07. The Morgan fingerprint density at radius 2 is 2.21 bits per heavy atom. The maximum Gasteiger partial charge on any atom is 0.223 e. The molecular weight excluding hydrogens is 203 g/mol. The van der Waals surface area contributed by atoms with Gasteiger partial charge in [-0.3, -0.25) is 0 Å². The zero-order valence-electron chi connectivity index (χ0n) is 7.36. The first-order valence-electron chi connectivity index (χ1n) is 3.96. The van der Waals surface area contributed by atoms with Gasteiger partial charge in [-0.1, -0.05) is 5.16 Å². The second-order valence-corrected chi connectivity index (χ2v) is 3.28. The lowest BCUT2D eigenvalue weighted by Crippen LogP contribution is -1.83. The summed E-state index contributed by atoms with van der Waals surface area (Å²) in [6, 6.07) is 4.46. The summed E-state index contributed by atoms with van der Waals surface area (Å²) in [5.74, 6) is 0.556. The Balaban J connectivity index is 2.47. The van der Waals surface area contributed by atoms with Crippen molar-refractivity contribution in [3.05, 3.63) is 29.9 Å². The number of hydrogen-bond donors (Lipinski definition) is 1. The Morgan fingerprint density at radius 1 is 1.43 bits per heavy atom. The molecule has 3 nitrogen and oxygen atoms in total. The molecule has 0 N–H and O–H groups in total. The van der Waals surface area contributed by atoms with Crippen LogP contribution in [0.25, 0.3) is 11.4 Å². The summed E-state index contributed by atoms with van der Waals surface area (Å²) in [6.07, 6.45) is 0. The minimum Gasteiger partial charge on any atom is -0.339 e. The molecule has 0 bridgehead atoms. The zero-order valence-corrected chi connectivity index (χ0v) is 8.25. The predicted molar refractivity (Wildman–Crippen MR) is 51.7 cm³/mol. The van der Waals surface area contributed by atoms with E-state index < -0.39 is 0 Å². The zero-order chi connectivity index (χ0) is 10.1. The van der Waals surface area contributed by atoms with Gasteiger partial charge in [0.1, 0.15) is 5.82 Å². The largest absolute Gasteiger partial charge is 0.339 e. The van der Waals surface area contributed by atoms with Crippen LogP contribution in [0.4, 0.5) is 4.39 Å². The van der Waals surface area contributed by atoms with Gasteiger partial charge in [-0.15, -0.1) is 12.6 Å². The van der Waals surface area contributed by atoms with Crippen molar-refractivity contribution < 1.29 is 8.91 Å². The van der Waals surface area contributed by atoms with Crippen LogP contribution in [0.2, 0.25) is 0 Å². The van der Waals surface area contributed by atoms with Crippen LogP contribution in [0.3, 0.4) is 0 Å². The van der Waals surface area contributed by atoms with Gasteiger partial charge >= 0.3 is 0 Å². The van der Waals surface area contributed by atoms with Gasteiger partial charge in [0.05, 0.1) is 0 Å². The van der Waals surface area contributed by atoms with Crippen molar-refractivity contribution in [1.29, 1.82) is 0 Å². The normalized spacial score (nSPS) is 10.5. The molecule has 2 aromatic rings. The third kappa shape index (κ3) is 1.63. The summed E-state index contributed by atoms with van der Waals surface area (Å²) in [5.41, 5.74) is 0.688. The molecule has 0 aliphatic carbocycles. The first-order valence-corrected chi connectivity index (χ1v) is 4.41. The topological polar surface area (TPSA) is 38.9 Å². The number of thiol groups is 1. The second kappa shape index (κ2) is 3.42. The van der Waals surface area contributed by atoms with E-state index in [1.54, 1.807) is 19.1 Å². The molecule has 1 aromatic carbocycles. The lowest BCUT2D eigenvalue weighted by atomic mass is 10.2. The molecule has 0 saturated carbocycles. The van der Waals surface area contributed by atoms with Gasteiger partial charge < -0.3 is 4.52 Å². The summed E-state index contributed by atoms with van der Waals surface area (Å²) < 4.78 is 17.7. The fourth-order valence-electron chi connectivity index (χ4n) is 1.07. The summed E-state index contributed by atoms with van der Waals surface area (Å²) >= 11 is 3.96. The van der Waals surface area contributed by atoms with Crippen LogP contribution < -0.4 is 0 Å². The molecule has 0 amide bonds. The molecule has 72 valence electrons. The minimum absolute atomic E-state index is 0.268. The van der Waals surface area contributed by atoms with Gasteiger partial charge in [-0.05, 0) is 18.2 Å². The Morgan fingerprint density at radius 3 is 2.79 bits per heavy atom. The number of aryl methyl sites for hydroxylation is 1. The maximum atomic E-state index is 12.9. The van der Waals surface area contributed by atoms with Crippen molar-refractivity contribution >= 4 is 12.6 Å². The molecule has 14 heavy (non-hydrogen) atoms. The molecule has 0 spiro atoms. The van der Waals surface area contributed by atoms with Gasteiger partial charge in [-0.2, -0.15) is 4.98 Å². The van der Waals surface area contributed by atoms with E-state index in [1.165, 1.54) is 6.07 Å². The summed E-state index contributed by atoms with van der Waals surface area (Å²) in [7, 11) is 0. The Bertz CT molecular complexity index is 470. The first kappa shape index (κ1) is 9.21. The minimum atomic E-state index is -0.364. The van der Waals surface area contributed by atoms with E-state index in [4.69, 9.17) is 4.52 Å². The van der Waals surface area contributed by atoms with Gasteiger partial charge in [0.15, 0.2) is 0 Å². The van der Waals surface area contributed by atoms with Crippen LogP contribution in [0.1, 0.15) is 5.89 Å². The number of benzene rings is 1. The highest BCUT2D eigenvalue weighted by Crippen LogP contribution is 2.21. The Hall–Kier alpha value is -1.36. The number of hydrogen-bond acceptors (Lipinski definition) is 4. The van der Waals surface area contributed by atoms with E-state index in [1.807, 2.05) is 0 Å². The average molecular weight is 210 g/mol. The average Bonchev–Trinajstić information content (AvgIpc) is 2.57. The molecule has 0 atom stereocenters. The molecule has 0 saturated heterocycles. The fourth-order valence-corrected chi connectivity index (χ4v) is 1.28. The number of halogens is 1. The molecule has 0 radical (unpaired) electrons. The van der Waals surface area contributed by atoms with E-state index in [9.17, 15) is 4.39 Å². The molecule has 1 aromatic heterocycles. The van der Waals surface area contributed by atoms with Crippen LogP contribution in [0, 0.1) is 12.7 Å². The van der Waals surface area contributed by atoms with Crippen molar-refractivity contribution in [2.45, 2.75) is 11.8 Å². The van der Waals surface area contributed by atoms with Crippen molar-refractivity contribution in [3.63, 3.8) is 0 Å². The van der Waals surface area contributed by atoms with E-state index >= 15 is 0 Å². The third-order valence-corrected chi connectivity index (χ3v) is 2.07. The molecule has 2 rings (SSSR count). The van der Waals surface area contributed by atoms with E-state index in [2.05, 4.69) is 22.8 Å². The lowest BCUT2D eigenvalue weighted by Gasteiger charge is -1.97. The van der Waals surface area contributed by atoms with Gasteiger partial charge in [0.25, 0.3) is 0 Å². The van der Waals surface area contributed by atoms with Crippen LogP contribution in [0.5, 0.6) is 0 Å². The van der Waals surface area contributed by atoms with Crippen LogP contribution >= 0.6 is 12.6 Å². The fraction of sp³-hybridized carbons (Fsp3) is 0.111. The highest BCUT2D eigenvalue weighted by molar-refractivity contribution is 7.80. The molecule has 0 aliphatic rings. The van der Waals surface area contributed by atoms with E-state index in [-0.39, 0.29) is 10.7 Å². The Labute approximate surface area is 85.4 Å². The number of nitrogens with zero attached hydrogens (tertiary/aromatic N) is 2. The monoisotopic (exact) mass is 210 g/mol. The first-order chi connectivity index (χ1) is 6.66. The SMILES string of the molecule is Cc1nc(-c2ccc(F)c(S)c2)no1. The summed E-state index contributed by atoms with van der Waals surface area (Å²) in [6.45, 7) is 1.70.